The number of anilines is 1. The molecule has 0 aliphatic carbocycles. The van der Waals surface area contributed by atoms with E-state index in [1.807, 2.05) is 0 Å². The predicted octanol–water partition coefficient (Wildman–Crippen LogP) is 1.79. The van der Waals surface area contributed by atoms with Crippen molar-refractivity contribution >= 4 is 5.95 Å². The molecule has 0 radical (unpaired) electrons. The first-order chi connectivity index (χ1) is 9.65. The summed E-state index contributed by atoms with van der Waals surface area (Å²) in [5.74, 6) is 1.68. The predicted molar refractivity (Wildman–Crippen MR) is 82.0 cm³/mol. The Balaban J connectivity index is 2.07. The number of rotatable bonds is 6. The van der Waals surface area contributed by atoms with Gasteiger partial charge in [-0.15, -0.1) is 0 Å². The van der Waals surface area contributed by atoms with Crippen LogP contribution in [-0.2, 0) is 11.3 Å². The van der Waals surface area contributed by atoms with Crippen molar-refractivity contribution in [2.24, 2.45) is 11.7 Å². The van der Waals surface area contributed by atoms with E-state index in [0.717, 1.165) is 57.1 Å². The first-order valence-electron chi connectivity index (χ1n) is 7.69. The third-order valence-electron chi connectivity index (χ3n) is 4.22. The molecule has 2 heterocycles. The normalized spacial score (nSPS) is 23.3. The number of aromatic nitrogens is 2. The maximum Gasteiger partial charge on any atom is 0.205 e. The lowest BCUT2D eigenvalue weighted by atomic mass is 9.91. The van der Waals surface area contributed by atoms with E-state index in [1.165, 1.54) is 0 Å². The lowest BCUT2D eigenvalue weighted by Crippen LogP contribution is -2.47. The number of hydrogen-bond donors (Lipinski definition) is 1. The molecule has 1 aromatic heterocycles. The molecule has 20 heavy (non-hydrogen) atoms. The number of nitrogens with two attached hydrogens (primary N) is 1. The highest BCUT2D eigenvalue weighted by Gasteiger charge is 2.27. The van der Waals surface area contributed by atoms with Crippen LogP contribution in [-0.4, -0.2) is 42.4 Å². The third-order valence-corrected chi connectivity index (χ3v) is 4.22. The third kappa shape index (κ3) is 3.52. The fourth-order valence-electron chi connectivity index (χ4n) is 2.99. The lowest BCUT2D eigenvalue weighted by molar-refractivity contribution is 0.190. The van der Waals surface area contributed by atoms with Gasteiger partial charge in [-0.3, -0.25) is 0 Å². The van der Waals surface area contributed by atoms with Crippen molar-refractivity contribution in [2.75, 3.05) is 31.7 Å². The van der Waals surface area contributed by atoms with Gasteiger partial charge in [0.25, 0.3) is 0 Å². The van der Waals surface area contributed by atoms with Gasteiger partial charge in [-0.1, -0.05) is 13.3 Å². The zero-order chi connectivity index (χ0) is 14.5. The molecule has 1 fully saturated rings. The Hall–Kier alpha value is -1.07. The molecule has 1 saturated heterocycles. The van der Waals surface area contributed by atoms with Gasteiger partial charge in [-0.25, -0.2) is 4.98 Å². The summed E-state index contributed by atoms with van der Waals surface area (Å²) in [6.07, 6.45) is 5.36. The topological polar surface area (TPSA) is 56.3 Å². The SMILES string of the molecule is CCC1CN(c2nc(C)cn2CCCOC)CCC1N. The molecule has 1 aliphatic rings. The van der Waals surface area contributed by atoms with Gasteiger partial charge in [0.15, 0.2) is 0 Å². The molecule has 0 amide bonds. The Labute approximate surface area is 122 Å². The van der Waals surface area contributed by atoms with Crippen LogP contribution >= 0.6 is 0 Å². The van der Waals surface area contributed by atoms with Crippen LogP contribution in [0.15, 0.2) is 6.20 Å². The minimum absolute atomic E-state index is 0.342. The number of hydrogen-bond acceptors (Lipinski definition) is 4. The molecule has 2 unspecified atom stereocenters. The summed E-state index contributed by atoms with van der Waals surface area (Å²) >= 11 is 0. The zero-order valence-electron chi connectivity index (χ0n) is 13.0. The van der Waals surface area contributed by atoms with Gasteiger partial charge in [0, 0.05) is 45.6 Å². The van der Waals surface area contributed by atoms with Crippen LogP contribution < -0.4 is 10.6 Å². The van der Waals surface area contributed by atoms with Crippen molar-refractivity contribution in [3.8, 4) is 0 Å². The van der Waals surface area contributed by atoms with Crippen molar-refractivity contribution in [3.63, 3.8) is 0 Å². The Morgan fingerprint density at radius 2 is 2.30 bits per heavy atom. The minimum atomic E-state index is 0.342. The molecule has 5 heteroatoms. The zero-order valence-corrected chi connectivity index (χ0v) is 13.0. The molecule has 2 N–H and O–H groups in total. The van der Waals surface area contributed by atoms with E-state index < -0.39 is 0 Å². The van der Waals surface area contributed by atoms with E-state index >= 15 is 0 Å². The Morgan fingerprint density at radius 3 is 3.00 bits per heavy atom. The van der Waals surface area contributed by atoms with E-state index in [2.05, 4.69) is 29.5 Å². The van der Waals surface area contributed by atoms with Crippen molar-refractivity contribution in [2.45, 2.75) is 45.7 Å². The van der Waals surface area contributed by atoms with Gasteiger partial charge >= 0.3 is 0 Å². The summed E-state index contributed by atoms with van der Waals surface area (Å²) in [5, 5.41) is 0. The fourth-order valence-corrected chi connectivity index (χ4v) is 2.99. The van der Waals surface area contributed by atoms with E-state index in [1.54, 1.807) is 7.11 Å². The average Bonchev–Trinajstić information content (AvgIpc) is 2.81. The molecule has 1 aliphatic heterocycles. The van der Waals surface area contributed by atoms with Crippen molar-refractivity contribution in [1.29, 1.82) is 0 Å². The van der Waals surface area contributed by atoms with Gasteiger partial charge in [0.2, 0.25) is 5.95 Å². The maximum atomic E-state index is 6.20. The largest absolute Gasteiger partial charge is 0.385 e. The number of nitrogens with zero attached hydrogens (tertiary/aromatic N) is 3. The highest BCUT2D eigenvalue weighted by molar-refractivity contribution is 5.34. The molecule has 1 aromatic rings. The van der Waals surface area contributed by atoms with Gasteiger partial charge in [-0.05, 0) is 25.7 Å². The standard InChI is InChI=1S/C15H28N4O/c1-4-13-11-19(8-6-14(13)16)15-17-12(2)10-18(15)7-5-9-20-3/h10,13-14H,4-9,11,16H2,1-3H3. The quantitative estimate of drug-likeness (QED) is 0.807. The molecule has 5 nitrogen and oxygen atoms in total. The molecule has 2 atom stereocenters. The van der Waals surface area contributed by atoms with E-state index in [9.17, 15) is 0 Å². The summed E-state index contributed by atoms with van der Waals surface area (Å²) in [5.41, 5.74) is 7.28. The van der Waals surface area contributed by atoms with Gasteiger partial charge in [-0.2, -0.15) is 0 Å². The monoisotopic (exact) mass is 280 g/mol. The van der Waals surface area contributed by atoms with Crippen LogP contribution in [0, 0.1) is 12.8 Å². The summed E-state index contributed by atoms with van der Waals surface area (Å²) in [6, 6.07) is 0.342. The number of ether oxygens (including phenoxy) is 1. The Kier molecular flexibility index (Phi) is 5.43. The Bertz CT molecular complexity index is 418. The lowest BCUT2D eigenvalue weighted by Gasteiger charge is -2.37. The summed E-state index contributed by atoms with van der Waals surface area (Å²) in [7, 11) is 1.75. The van der Waals surface area contributed by atoms with Gasteiger partial charge < -0.3 is 19.9 Å². The van der Waals surface area contributed by atoms with E-state index in [-0.39, 0.29) is 0 Å². The van der Waals surface area contributed by atoms with Crippen LogP contribution in [0.2, 0.25) is 0 Å². The first-order valence-corrected chi connectivity index (χ1v) is 7.69. The number of aryl methyl sites for hydroxylation is 2. The molecule has 0 bridgehead atoms. The van der Waals surface area contributed by atoms with Crippen LogP contribution in [0.4, 0.5) is 5.95 Å². The minimum Gasteiger partial charge on any atom is -0.385 e. The molecular formula is C15H28N4O. The van der Waals surface area contributed by atoms with Crippen molar-refractivity contribution in [1.82, 2.24) is 9.55 Å². The summed E-state index contributed by atoms with van der Waals surface area (Å²) < 4.78 is 7.40. The van der Waals surface area contributed by atoms with E-state index in [0.29, 0.717) is 12.0 Å². The number of imidazole rings is 1. The highest BCUT2D eigenvalue weighted by Crippen LogP contribution is 2.24. The number of piperidine rings is 1. The average molecular weight is 280 g/mol. The second-order valence-electron chi connectivity index (χ2n) is 5.79. The highest BCUT2D eigenvalue weighted by atomic mass is 16.5. The summed E-state index contributed by atoms with van der Waals surface area (Å²) in [4.78, 5) is 7.11. The smallest absolute Gasteiger partial charge is 0.205 e. The molecular weight excluding hydrogens is 252 g/mol. The maximum absolute atomic E-state index is 6.20. The fraction of sp³-hybridized carbons (Fsp3) is 0.800. The Morgan fingerprint density at radius 1 is 1.50 bits per heavy atom. The van der Waals surface area contributed by atoms with Gasteiger partial charge in [0.05, 0.1) is 5.69 Å². The molecule has 0 aromatic carbocycles. The van der Waals surface area contributed by atoms with Crippen molar-refractivity contribution in [3.05, 3.63) is 11.9 Å². The molecule has 114 valence electrons. The molecule has 0 spiro atoms. The van der Waals surface area contributed by atoms with Crippen molar-refractivity contribution < 1.29 is 4.74 Å². The second-order valence-corrected chi connectivity index (χ2v) is 5.79. The molecule has 0 saturated carbocycles. The second kappa shape index (κ2) is 7.09. The first kappa shape index (κ1) is 15.3. The van der Waals surface area contributed by atoms with E-state index in [4.69, 9.17) is 15.5 Å². The molecule has 2 rings (SSSR count). The van der Waals surface area contributed by atoms with Crippen LogP contribution in [0.5, 0.6) is 0 Å². The van der Waals surface area contributed by atoms with Crippen LogP contribution in [0.25, 0.3) is 0 Å². The number of methoxy groups -OCH3 is 1. The van der Waals surface area contributed by atoms with Crippen LogP contribution in [0.1, 0.15) is 31.9 Å². The van der Waals surface area contributed by atoms with Crippen LogP contribution in [0.3, 0.4) is 0 Å². The van der Waals surface area contributed by atoms with Gasteiger partial charge in [0.1, 0.15) is 0 Å². The summed E-state index contributed by atoms with van der Waals surface area (Å²) in [6.45, 7) is 8.08.